The van der Waals surface area contributed by atoms with Crippen molar-refractivity contribution in [1.29, 1.82) is 0 Å². The van der Waals surface area contributed by atoms with E-state index in [1.165, 1.54) is 6.33 Å². The number of hydrogen-bond acceptors (Lipinski definition) is 6. The van der Waals surface area contributed by atoms with Crippen LogP contribution in [0.5, 0.6) is 0 Å². The predicted octanol–water partition coefficient (Wildman–Crippen LogP) is 3.08. The molecule has 1 amide bonds. The summed E-state index contributed by atoms with van der Waals surface area (Å²) in [6.45, 7) is 8.33. The molecule has 0 spiro atoms. The minimum absolute atomic E-state index is 0.131. The number of carbonyl (C=O) groups is 1. The molecule has 3 aromatic heterocycles. The number of H-pyrrole nitrogens is 1. The SMILES string of the molecule is CCC[C@H]([C@H](C)CC)n1nc(C(=O)Nc2cc(C)[nH]n2)c2c(N)ncnc21. The molecular weight excluding hydrogens is 344 g/mol. The predicted molar refractivity (Wildman–Crippen MR) is 104 cm³/mol. The summed E-state index contributed by atoms with van der Waals surface area (Å²) < 4.78 is 1.84. The Morgan fingerprint density at radius 2 is 2.15 bits per heavy atom. The van der Waals surface area contributed by atoms with E-state index in [1.54, 1.807) is 6.07 Å². The van der Waals surface area contributed by atoms with Gasteiger partial charge in [-0.3, -0.25) is 9.89 Å². The first-order valence-electron chi connectivity index (χ1n) is 9.28. The van der Waals surface area contributed by atoms with Gasteiger partial charge in [-0.2, -0.15) is 10.2 Å². The van der Waals surface area contributed by atoms with Gasteiger partial charge in [-0.15, -0.1) is 0 Å². The number of hydrogen-bond donors (Lipinski definition) is 3. The van der Waals surface area contributed by atoms with Crippen LogP contribution in [0.3, 0.4) is 0 Å². The molecule has 0 radical (unpaired) electrons. The third kappa shape index (κ3) is 3.62. The van der Waals surface area contributed by atoms with Crippen LogP contribution < -0.4 is 11.1 Å². The third-order valence-corrected chi connectivity index (χ3v) is 4.88. The number of nitrogen functional groups attached to an aromatic ring is 1. The van der Waals surface area contributed by atoms with Crippen molar-refractivity contribution in [3.8, 4) is 0 Å². The van der Waals surface area contributed by atoms with Crippen LogP contribution in [-0.4, -0.2) is 35.9 Å². The number of aromatic nitrogens is 6. The van der Waals surface area contributed by atoms with Crippen molar-refractivity contribution in [2.75, 3.05) is 11.1 Å². The zero-order valence-electron chi connectivity index (χ0n) is 16.2. The molecule has 3 rings (SSSR count). The van der Waals surface area contributed by atoms with Crippen LogP contribution in [0.2, 0.25) is 0 Å². The van der Waals surface area contributed by atoms with E-state index in [9.17, 15) is 4.79 Å². The van der Waals surface area contributed by atoms with Gasteiger partial charge in [0.25, 0.3) is 5.91 Å². The van der Waals surface area contributed by atoms with E-state index in [1.807, 2.05) is 11.6 Å². The van der Waals surface area contributed by atoms with Gasteiger partial charge in [0.2, 0.25) is 0 Å². The molecule has 0 bridgehead atoms. The van der Waals surface area contributed by atoms with Crippen LogP contribution in [0.15, 0.2) is 12.4 Å². The van der Waals surface area contributed by atoms with Crippen LogP contribution in [0, 0.1) is 12.8 Å². The number of rotatable bonds is 7. The van der Waals surface area contributed by atoms with Crippen molar-refractivity contribution in [3.05, 3.63) is 23.8 Å². The van der Waals surface area contributed by atoms with Crippen LogP contribution in [0.25, 0.3) is 11.0 Å². The minimum atomic E-state index is -0.383. The second-order valence-corrected chi connectivity index (χ2v) is 6.88. The topological polar surface area (TPSA) is 127 Å². The fraction of sp³-hybridized carbons (Fsp3) is 0.500. The molecule has 4 N–H and O–H groups in total. The number of fused-ring (bicyclic) bond motifs is 1. The number of carbonyl (C=O) groups excluding carboxylic acids is 1. The summed E-state index contributed by atoms with van der Waals surface area (Å²) in [4.78, 5) is 21.3. The number of amides is 1. The fourth-order valence-corrected chi connectivity index (χ4v) is 3.26. The highest BCUT2D eigenvalue weighted by atomic mass is 16.2. The Balaban J connectivity index is 2.09. The number of aromatic amines is 1. The Labute approximate surface area is 157 Å². The van der Waals surface area contributed by atoms with Gasteiger partial charge >= 0.3 is 0 Å². The van der Waals surface area contributed by atoms with Crippen molar-refractivity contribution < 1.29 is 4.79 Å². The van der Waals surface area contributed by atoms with Crippen molar-refractivity contribution in [2.24, 2.45) is 5.92 Å². The van der Waals surface area contributed by atoms with Gasteiger partial charge in [-0.1, -0.05) is 33.6 Å². The first kappa shape index (κ1) is 18.8. The van der Waals surface area contributed by atoms with Crippen LogP contribution >= 0.6 is 0 Å². The standard InChI is InChI=1S/C18H26N8O/c1-5-7-12(10(3)6-2)26-17-14(16(19)20-9-21-17)15(25-26)18(27)22-13-8-11(4)23-24-13/h8-10,12H,5-7H2,1-4H3,(H2,19,20,21)(H2,22,23,24,27)/t10-,12-/m1/s1. The molecule has 9 heteroatoms. The van der Waals surface area contributed by atoms with Crippen LogP contribution in [0.1, 0.15) is 62.3 Å². The number of nitrogens with zero attached hydrogens (tertiary/aromatic N) is 5. The molecule has 27 heavy (non-hydrogen) atoms. The number of anilines is 2. The van der Waals surface area contributed by atoms with E-state index in [4.69, 9.17) is 5.73 Å². The molecule has 0 unspecified atom stereocenters. The summed E-state index contributed by atoms with van der Waals surface area (Å²) in [6.07, 6.45) is 4.36. The summed E-state index contributed by atoms with van der Waals surface area (Å²) in [6, 6.07) is 1.88. The van der Waals surface area contributed by atoms with Gasteiger partial charge in [-0.25, -0.2) is 14.6 Å². The number of nitrogens with two attached hydrogens (primary N) is 1. The normalized spacial score (nSPS) is 13.6. The highest BCUT2D eigenvalue weighted by Crippen LogP contribution is 2.31. The first-order valence-corrected chi connectivity index (χ1v) is 9.28. The summed E-state index contributed by atoms with van der Waals surface area (Å²) in [5.41, 5.74) is 7.74. The van der Waals surface area contributed by atoms with E-state index < -0.39 is 0 Å². The Kier molecular flexibility index (Phi) is 5.38. The molecule has 0 fully saturated rings. The molecule has 2 atom stereocenters. The fourth-order valence-electron chi connectivity index (χ4n) is 3.26. The van der Waals surface area contributed by atoms with Crippen molar-refractivity contribution in [3.63, 3.8) is 0 Å². The van der Waals surface area contributed by atoms with E-state index in [2.05, 4.69) is 51.4 Å². The summed E-state index contributed by atoms with van der Waals surface area (Å²) in [5, 5.41) is 14.7. The van der Waals surface area contributed by atoms with E-state index in [0.717, 1.165) is 25.0 Å². The Morgan fingerprint density at radius 1 is 1.37 bits per heavy atom. The van der Waals surface area contributed by atoms with Gasteiger partial charge in [0, 0.05) is 11.8 Å². The lowest BCUT2D eigenvalue weighted by molar-refractivity contribution is 0.102. The molecule has 9 nitrogen and oxygen atoms in total. The monoisotopic (exact) mass is 370 g/mol. The quantitative estimate of drug-likeness (QED) is 0.586. The van der Waals surface area contributed by atoms with Crippen molar-refractivity contribution in [2.45, 2.75) is 53.0 Å². The van der Waals surface area contributed by atoms with Gasteiger partial charge in [0.05, 0.1) is 11.4 Å². The van der Waals surface area contributed by atoms with E-state index in [-0.39, 0.29) is 23.5 Å². The molecular formula is C18H26N8O. The second kappa shape index (κ2) is 7.73. The van der Waals surface area contributed by atoms with Gasteiger partial charge in [0.1, 0.15) is 12.1 Å². The lowest BCUT2D eigenvalue weighted by Gasteiger charge is -2.23. The Morgan fingerprint density at radius 3 is 2.78 bits per heavy atom. The average molecular weight is 370 g/mol. The highest BCUT2D eigenvalue weighted by Gasteiger charge is 2.27. The van der Waals surface area contributed by atoms with Gasteiger partial charge in [-0.05, 0) is 19.3 Å². The zero-order chi connectivity index (χ0) is 19.6. The second-order valence-electron chi connectivity index (χ2n) is 6.88. The summed E-state index contributed by atoms with van der Waals surface area (Å²) in [7, 11) is 0. The molecule has 0 aliphatic carbocycles. The molecule has 0 aromatic carbocycles. The lowest BCUT2D eigenvalue weighted by Crippen LogP contribution is -2.20. The Hall–Kier alpha value is -2.97. The molecule has 0 aliphatic rings. The van der Waals surface area contributed by atoms with Crippen molar-refractivity contribution >= 4 is 28.6 Å². The largest absolute Gasteiger partial charge is 0.383 e. The van der Waals surface area contributed by atoms with Crippen LogP contribution in [-0.2, 0) is 0 Å². The smallest absolute Gasteiger partial charge is 0.278 e. The third-order valence-electron chi connectivity index (χ3n) is 4.88. The van der Waals surface area contributed by atoms with E-state index >= 15 is 0 Å². The molecule has 0 aliphatic heterocycles. The molecule has 0 saturated carbocycles. The Bertz CT molecular complexity index is 944. The zero-order valence-corrected chi connectivity index (χ0v) is 16.2. The first-order chi connectivity index (χ1) is 13.0. The van der Waals surface area contributed by atoms with Gasteiger partial charge < -0.3 is 11.1 Å². The maximum Gasteiger partial charge on any atom is 0.278 e. The van der Waals surface area contributed by atoms with Crippen LogP contribution in [0.4, 0.5) is 11.6 Å². The lowest BCUT2D eigenvalue weighted by atomic mass is 9.95. The minimum Gasteiger partial charge on any atom is -0.383 e. The maximum absolute atomic E-state index is 12.9. The van der Waals surface area contributed by atoms with E-state index in [0.29, 0.717) is 22.8 Å². The molecule has 3 heterocycles. The average Bonchev–Trinajstić information content (AvgIpc) is 3.23. The number of nitrogens with one attached hydrogen (secondary N) is 2. The molecule has 144 valence electrons. The van der Waals surface area contributed by atoms with Crippen molar-refractivity contribution in [1.82, 2.24) is 29.9 Å². The van der Waals surface area contributed by atoms with Gasteiger partial charge in [0.15, 0.2) is 17.2 Å². The number of aryl methyl sites for hydroxylation is 1. The molecule has 3 aromatic rings. The highest BCUT2D eigenvalue weighted by molar-refractivity contribution is 6.12. The summed E-state index contributed by atoms with van der Waals surface area (Å²) in [5.74, 6) is 0.678. The maximum atomic E-state index is 12.9. The molecule has 0 saturated heterocycles. The summed E-state index contributed by atoms with van der Waals surface area (Å²) >= 11 is 0.